The van der Waals surface area contributed by atoms with E-state index in [9.17, 15) is 0 Å². The first-order chi connectivity index (χ1) is 10.1. The number of benzene rings is 1. The van der Waals surface area contributed by atoms with Gasteiger partial charge in [0.1, 0.15) is 18.2 Å². The predicted molar refractivity (Wildman–Crippen MR) is 83.5 cm³/mol. The fourth-order valence-electron chi connectivity index (χ4n) is 1.97. The van der Waals surface area contributed by atoms with Gasteiger partial charge in [-0.15, -0.1) is 10.2 Å². The summed E-state index contributed by atoms with van der Waals surface area (Å²) in [5.74, 6) is 2.35. The summed E-state index contributed by atoms with van der Waals surface area (Å²) in [6.45, 7) is 6.10. The number of hydrogen-bond acceptors (Lipinski definition) is 4. The van der Waals surface area contributed by atoms with E-state index in [0.29, 0.717) is 17.4 Å². The van der Waals surface area contributed by atoms with Crippen LogP contribution in [0.2, 0.25) is 5.02 Å². The van der Waals surface area contributed by atoms with Gasteiger partial charge in [0, 0.05) is 19.2 Å². The summed E-state index contributed by atoms with van der Waals surface area (Å²) in [6, 6.07) is 5.79. The first-order valence-corrected chi connectivity index (χ1v) is 7.47. The first kappa shape index (κ1) is 15.8. The minimum Gasteiger partial charge on any atom is -0.484 e. The highest BCUT2D eigenvalue weighted by molar-refractivity contribution is 6.32. The molecular formula is C15H21ClN4O. The van der Waals surface area contributed by atoms with Crippen LogP contribution < -0.4 is 10.1 Å². The number of rotatable bonds is 7. The highest BCUT2D eigenvalue weighted by atomic mass is 35.5. The van der Waals surface area contributed by atoms with Crippen molar-refractivity contribution in [2.45, 2.75) is 33.4 Å². The van der Waals surface area contributed by atoms with Gasteiger partial charge < -0.3 is 14.6 Å². The largest absolute Gasteiger partial charge is 0.484 e. The van der Waals surface area contributed by atoms with Gasteiger partial charge in [-0.05, 0) is 26.0 Å². The lowest BCUT2D eigenvalue weighted by Crippen LogP contribution is -2.15. The standard InChI is InChI=1S/C15H21ClN4O/c1-4-8-17-9-12-6-5-7-13(16)15(12)21-10-14-19-18-11(2)20(14)3/h5-7,17H,4,8-10H2,1-3H3. The molecule has 0 radical (unpaired) electrons. The number of halogens is 1. The fraction of sp³-hybridized carbons (Fsp3) is 0.467. The summed E-state index contributed by atoms with van der Waals surface area (Å²) >= 11 is 6.26. The summed E-state index contributed by atoms with van der Waals surface area (Å²) in [6.07, 6.45) is 1.09. The molecule has 114 valence electrons. The highest BCUT2D eigenvalue weighted by Crippen LogP contribution is 2.29. The van der Waals surface area contributed by atoms with E-state index in [-0.39, 0.29) is 0 Å². The smallest absolute Gasteiger partial charge is 0.170 e. The molecule has 2 aromatic rings. The molecule has 0 saturated carbocycles. The number of aromatic nitrogens is 3. The maximum absolute atomic E-state index is 6.26. The van der Waals surface area contributed by atoms with Crippen molar-refractivity contribution in [2.75, 3.05) is 6.54 Å². The normalized spacial score (nSPS) is 10.9. The van der Waals surface area contributed by atoms with Crippen LogP contribution in [0.25, 0.3) is 0 Å². The minimum absolute atomic E-state index is 0.349. The van der Waals surface area contributed by atoms with Gasteiger partial charge in [0.2, 0.25) is 0 Å². The fourth-order valence-corrected chi connectivity index (χ4v) is 2.22. The van der Waals surface area contributed by atoms with E-state index in [0.717, 1.165) is 36.7 Å². The maximum atomic E-state index is 6.26. The predicted octanol–water partition coefficient (Wildman–Crippen LogP) is 2.86. The van der Waals surface area contributed by atoms with Crippen molar-refractivity contribution >= 4 is 11.6 Å². The molecule has 0 aliphatic rings. The molecule has 1 heterocycles. The molecule has 21 heavy (non-hydrogen) atoms. The van der Waals surface area contributed by atoms with Gasteiger partial charge in [-0.1, -0.05) is 30.7 Å². The van der Waals surface area contributed by atoms with Crippen LogP contribution in [-0.2, 0) is 20.2 Å². The van der Waals surface area contributed by atoms with Crippen molar-refractivity contribution in [3.63, 3.8) is 0 Å². The van der Waals surface area contributed by atoms with Crippen LogP contribution in [-0.4, -0.2) is 21.3 Å². The van der Waals surface area contributed by atoms with E-state index < -0.39 is 0 Å². The topological polar surface area (TPSA) is 52.0 Å². The summed E-state index contributed by atoms with van der Waals surface area (Å²) in [5, 5.41) is 12.1. The third-order valence-corrected chi connectivity index (χ3v) is 3.62. The van der Waals surface area contributed by atoms with Gasteiger partial charge in [-0.2, -0.15) is 0 Å². The number of nitrogens with zero attached hydrogens (tertiary/aromatic N) is 3. The van der Waals surface area contributed by atoms with Crippen molar-refractivity contribution < 1.29 is 4.74 Å². The lowest BCUT2D eigenvalue weighted by Gasteiger charge is -2.13. The number of ether oxygens (including phenoxy) is 1. The van der Waals surface area contributed by atoms with Gasteiger partial charge in [-0.25, -0.2) is 0 Å². The van der Waals surface area contributed by atoms with E-state index in [1.54, 1.807) is 0 Å². The molecule has 0 bridgehead atoms. The molecule has 1 aromatic carbocycles. The lowest BCUT2D eigenvalue weighted by molar-refractivity contribution is 0.287. The molecule has 6 heteroatoms. The second-order valence-electron chi connectivity index (χ2n) is 4.92. The Morgan fingerprint density at radius 1 is 1.33 bits per heavy atom. The molecule has 0 amide bonds. The molecule has 0 saturated heterocycles. The molecule has 1 aromatic heterocycles. The second kappa shape index (κ2) is 7.43. The number of para-hydroxylation sites is 1. The van der Waals surface area contributed by atoms with Gasteiger partial charge >= 0.3 is 0 Å². The summed E-state index contributed by atoms with van der Waals surface area (Å²) < 4.78 is 7.79. The summed E-state index contributed by atoms with van der Waals surface area (Å²) in [5.41, 5.74) is 1.05. The SMILES string of the molecule is CCCNCc1cccc(Cl)c1OCc1nnc(C)n1C. The van der Waals surface area contributed by atoms with Crippen molar-refractivity contribution in [3.8, 4) is 5.75 Å². The van der Waals surface area contributed by atoms with Crippen LogP contribution in [0, 0.1) is 6.92 Å². The van der Waals surface area contributed by atoms with Crippen LogP contribution in [0.3, 0.4) is 0 Å². The van der Waals surface area contributed by atoms with Gasteiger partial charge in [0.15, 0.2) is 5.82 Å². The lowest BCUT2D eigenvalue weighted by atomic mass is 10.2. The summed E-state index contributed by atoms with van der Waals surface area (Å²) in [4.78, 5) is 0. The zero-order chi connectivity index (χ0) is 15.2. The Balaban J connectivity index is 2.09. The molecule has 0 atom stereocenters. The van der Waals surface area contributed by atoms with E-state index in [1.165, 1.54) is 0 Å². The van der Waals surface area contributed by atoms with Crippen LogP contribution >= 0.6 is 11.6 Å². The van der Waals surface area contributed by atoms with E-state index in [1.807, 2.05) is 36.7 Å². The summed E-state index contributed by atoms with van der Waals surface area (Å²) in [7, 11) is 1.92. The Morgan fingerprint density at radius 3 is 2.81 bits per heavy atom. The van der Waals surface area contributed by atoms with E-state index in [2.05, 4.69) is 22.4 Å². The molecule has 0 unspecified atom stereocenters. The molecule has 0 spiro atoms. The molecule has 1 N–H and O–H groups in total. The average Bonchev–Trinajstić information content (AvgIpc) is 2.78. The Hall–Kier alpha value is -1.59. The third kappa shape index (κ3) is 3.95. The van der Waals surface area contributed by atoms with Crippen LogP contribution in [0.15, 0.2) is 18.2 Å². The number of aryl methyl sites for hydroxylation is 1. The van der Waals surface area contributed by atoms with Gasteiger partial charge in [0.25, 0.3) is 0 Å². The molecule has 2 rings (SSSR count). The zero-order valence-corrected chi connectivity index (χ0v) is 13.4. The average molecular weight is 309 g/mol. The van der Waals surface area contributed by atoms with E-state index in [4.69, 9.17) is 16.3 Å². The van der Waals surface area contributed by atoms with Gasteiger partial charge in [-0.3, -0.25) is 0 Å². The molecule has 0 fully saturated rings. The van der Waals surface area contributed by atoms with Crippen LogP contribution in [0.1, 0.15) is 30.6 Å². The Kier molecular flexibility index (Phi) is 5.59. The molecule has 0 aliphatic carbocycles. The first-order valence-electron chi connectivity index (χ1n) is 7.09. The van der Waals surface area contributed by atoms with Gasteiger partial charge in [0.05, 0.1) is 5.02 Å². The zero-order valence-electron chi connectivity index (χ0n) is 12.7. The highest BCUT2D eigenvalue weighted by Gasteiger charge is 2.11. The Bertz CT molecular complexity index is 597. The number of hydrogen-bond donors (Lipinski definition) is 1. The van der Waals surface area contributed by atoms with E-state index >= 15 is 0 Å². The molecule has 0 aliphatic heterocycles. The minimum atomic E-state index is 0.349. The van der Waals surface area contributed by atoms with Crippen molar-refractivity contribution in [2.24, 2.45) is 7.05 Å². The van der Waals surface area contributed by atoms with Crippen LogP contribution in [0.4, 0.5) is 0 Å². The van der Waals surface area contributed by atoms with Crippen molar-refractivity contribution in [1.29, 1.82) is 0 Å². The quantitative estimate of drug-likeness (QED) is 0.799. The monoisotopic (exact) mass is 308 g/mol. The maximum Gasteiger partial charge on any atom is 0.170 e. The molecular weight excluding hydrogens is 288 g/mol. The Labute approximate surface area is 130 Å². The van der Waals surface area contributed by atoms with Crippen molar-refractivity contribution in [1.82, 2.24) is 20.1 Å². The van der Waals surface area contributed by atoms with Crippen LogP contribution in [0.5, 0.6) is 5.75 Å². The second-order valence-corrected chi connectivity index (χ2v) is 5.32. The third-order valence-electron chi connectivity index (χ3n) is 3.32. The molecule has 5 nitrogen and oxygen atoms in total. The van der Waals surface area contributed by atoms with Crippen molar-refractivity contribution in [3.05, 3.63) is 40.4 Å². The number of nitrogens with one attached hydrogen (secondary N) is 1. The Morgan fingerprint density at radius 2 is 2.14 bits per heavy atom.